The van der Waals surface area contributed by atoms with Crippen molar-refractivity contribution >= 4 is 27.3 Å². The highest BCUT2D eigenvalue weighted by Gasteiger charge is 2.29. The lowest BCUT2D eigenvalue weighted by Gasteiger charge is -2.33. The van der Waals surface area contributed by atoms with Gasteiger partial charge in [0.05, 0.1) is 7.11 Å². The molecule has 118 valence electrons. The van der Waals surface area contributed by atoms with Crippen LogP contribution < -0.4 is 9.64 Å². The normalized spacial score (nSPS) is 16.7. The molecule has 0 spiro atoms. The van der Waals surface area contributed by atoms with E-state index in [-0.39, 0.29) is 0 Å². The molecule has 1 aliphatic heterocycles. The Labute approximate surface area is 133 Å². The smallest absolute Gasteiger partial charge is 0.252 e. The van der Waals surface area contributed by atoms with Gasteiger partial charge in [-0.15, -0.1) is 11.3 Å². The van der Waals surface area contributed by atoms with Crippen molar-refractivity contribution in [3.63, 3.8) is 0 Å². The Balaban J connectivity index is 1.70. The quantitative estimate of drug-likeness (QED) is 0.828. The zero-order chi connectivity index (χ0) is 15.6. The summed E-state index contributed by atoms with van der Waals surface area (Å²) in [6.07, 6.45) is 1.63. The predicted octanol–water partition coefficient (Wildman–Crippen LogP) is 1.06. The summed E-state index contributed by atoms with van der Waals surface area (Å²) in [4.78, 5) is 10.5. The number of nitrogens with zero attached hydrogens (tertiary/aromatic N) is 4. The molecule has 1 aliphatic rings. The van der Waals surface area contributed by atoms with Crippen LogP contribution in [0.1, 0.15) is 0 Å². The molecule has 0 aliphatic carbocycles. The van der Waals surface area contributed by atoms with Crippen molar-refractivity contribution in [1.82, 2.24) is 14.3 Å². The van der Waals surface area contributed by atoms with E-state index in [1.165, 1.54) is 15.6 Å². The van der Waals surface area contributed by atoms with Gasteiger partial charge in [0.25, 0.3) is 10.0 Å². The number of thiophene rings is 1. The SMILES string of the molecule is COc1ccnc(N2CCN(S(=O)(=O)c3cccs3)CC2)n1. The Hall–Kier alpha value is -1.71. The highest BCUT2D eigenvalue weighted by atomic mass is 32.2. The lowest BCUT2D eigenvalue weighted by Crippen LogP contribution is -2.49. The number of sulfonamides is 1. The maximum absolute atomic E-state index is 12.5. The number of hydrogen-bond acceptors (Lipinski definition) is 7. The van der Waals surface area contributed by atoms with E-state index in [9.17, 15) is 8.42 Å². The number of aromatic nitrogens is 2. The molecule has 0 atom stereocenters. The molecule has 7 nitrogen and oxygen atoms in total. The average molecular weight is 340 g/mol. The summed E-state index contributed by atoms with van der Waals surface area (Å²) in [7, 11) is -1.82. The van der Waals surface area contributed by atoms with Gasteiger partial charge in [-0.3, -0.25) is 0 Å². The van der Waals surface area contributed by atoms with Gasteiger partial charge in [-0.25, -0.2) is 13.4 Å². The highest BCUT2D eigenvalue weighted by Crippen LogP contribution is 2.23. The third kappa shape index (κ3) is 2.92. The minimum atomic E-state index is -3.38. The van der Waals surface area contributed by atoms with Gasteiger partial charge in [0.2, 0.25) is 11.8 Å². The number of piperazine rings is 1. The van der Waals surface area contributed by atoms with Crippen molar-refractivity contribution in [2.24, 2.45) is 0 Å². The lowest BCUT2D eigenvalue weighted by molar-refractivity contribution is 0.378. The van der Waals surface area contributed by atoms with E-state index >= 15 is 0 Å². The van der Waals surface area contributed by atoms with Crippen LogP contribution in [0, 0.1) is 0 Å². The molecule has 0 unspecified atom stereocenters. The van der Waals surface area contributed by atoms with Crippen molar-refractivity contribution in [3.8, 4) is 5.88 Å². The summed E-state index contributed by atoms with van der Waals surface area (Å²) in [6.45, 7) is 1.94. The third-order valence-corrected chi connectivity index (χ3v) is 6.71. The molecule has 22 heavy (non-hydrogen) atoms. The summed E-state index contributed by atoms with van der Waals surface area (Å²) < 4.78 is 31.9. The van der Waals surface area contributed by atoms with Crippen molar-refractivity contribution in [1.29, 1.82) is 0 Å². The zero-order valence-electron chi connectivity index (χ0n) is 12.0. The van der Waals surface area contributed by atoms with E-state index in [1.807, 2.05) is 4.90 Å². The van der Waals surface area contributed by atoms with E-state index < -0.39 is 10.0 Å². The summed E-state index contributed by atoms with van der Waals surface area (Å²) in [5.74, 6) is 1.06. The van der Waals surface area contributed by atoms with Gasteiger partial charge in [0, 0.05) is 38.4 Å². The van der Waals surface area contributed by atoms with Crippen molar-refractivity contribution in [3.05, 3.63) is 29.8 Å². The van der Waals surface area contributed by atoms with Gasteiger partial charge in [0.1, 0.15) is 4.21 Å². The second kappa shape index (κ2) is 6.19. The van der Waals surface area contributed by atoms with Gasteiger partial charge < -0.3 is 9.64 Å². The van der Waals surface area contributed by atoms with Gasteiger partial charge in [-0.05, 0) is 11.4 Å². The number of methoxy groups -OCH3 is 1. The first-order valence-corrected chi connectivity index (χ1v) is 9.09. The zero-order valence-corrected chi connectivity index (χ0v) is 13.7. The topological polar surface area (TPSA) is 75.6 Å². The van der Waals surface area contributed by atoms with Gasteiger partial charge in [-0.1, -0.05) is 6.07 Å². The third-order valence-electron chi connectivity index (χ3n) is 3.44. The molecular weight excluding hydrogens is 324 g/mol. The van der Waals surface area contributed by atoms with Crippen molar-refractivity contribution in [2.75, 3.05) is 38.2 Å². The summed E-state index contributed by atoms with van der Waals surface area (Å²) in [6, 6.07) is 5.07. The summed E-state index contributed by atoms with van der Waals surface area (Å²) >= 11 is 1.24. The number of hydrogen-bond donors (Lipinski definition) is 0. The maximum atomic E-state index is 12.5. The van der Waals surface area contributed by atoms with E-state index in [0.29, 0.717) is 42.2 Å². The molecule has 0 saturated carbocycles. The molecule has 0 amide bonds. The molecule has 3 rings (SSSR count). The highest BCUT2D eigenvalue weighted by molar-refractivity contribution is 7.91. The molecule has 0 N–H and O–H groups in total. The van der Waals surface area contributed by atoms with Crippen LogP contribution in [0.4, 0.5) is 5.95 Å². The predicted molar refractivity (Wildman–Crippen MR) is 83.9 cm³/mol. The molecule has 9 heteroatoms. The molecule has 0 aromatic carbocycles. The fourth-order valence-corrected chi connectivity index (χ4v) is 4.83. The largest absolute Gasteiger partial charge is 0.481 e. The first-order valence-electron chi connectivity index (χ1n) is 6.77. The van der Waals surface area contributed by atoms with Gasteiger partial charge in [0.15, 0.2) is 0 Å². The molecule has 3 heterocycles. The minimum Gasteiger partial charge on any atom is -0.481 e. The minimum absolute atomic E-state index is 0.388. The standard InChI is InChI=1S/C13H16N4O3S2/c1-20-11-4-5-14-13(15-11)16-6-8-17(9-7-16)22(18,19)12-3-2-10-21-12/h2-5,10H,6-9H2,1H3. The number of ether oxygens (including phenoxy) is 1. The van der Waals surface area contributed by atoms with Crippen LogP contribution >= 0.6 is 11.3 Å². The molecule has 2 aromatic rings. The average Bonchev–Trinajstić information content (AvgIpc) is 3.10. The van der Waals surface area contributed by atoms with Crippen LogP contribution in [0.2, 0.25) is 0 Å². The molecule has 1 fully saturated rings. The van der Waals surface area contributed by atoms with Gasteiger partial charge in [-0.2, -0.15) is 9.29 Å². The Kier molecular flexibility index (Phi) is 4.27. The van der Waals surface area contributed by atoms with Crippen LogP contribution in [0.3, 0.4) is 0 Å². The number of anilines is 1. The Morgan fingerprint density at radius 1 is 1.23 bits per heavy atom. The van der Waals surface area contributed by atoms with E-state index in [4.69, 9.17) is 4.74 Å². The maximum Gasteiger partial charge on any atom is 0.252 e. The molecular formula is C13H16N4O3S2. The van der Waals surface area contributed by atoms with E-state index in [1.54, 1.807) is 36.9 Å². The van der Waals surface area contributed by atoms with Crippen LogP contribution in [0.5, 0.6) is 5.88 Å². The number of rotatable bonds is 4. The summed E-state index contributed by atoms with van der Waals surface area (Å²) in [5, 5.41) is 1.77. The van der Waals surface area contributed by atoms with Crippen LogP contribution in [-0.4, -0.2) is 56.0 Å². The molecule has 0 bridgehead atoms. The summed E-state index contributed by atoms with van der Waals surface area (Å²) in [5.41, 5.74) is 0. The van der Waals surface area contributed by atoms with E-state index in [0.717, 1.165) is 0 Å². The second-order valence-electron chi connectivity index (χ2n) is 4.72. The molecule has 0 radical (unpaired) electrons. The van der Waals surface area contributed by atoms with Gasteiger partial charge >= 0.3 is 0 Å². The fraction of sp³-hybridized carbons (Fsp3) is 0.385. The monoisotopic (exact) mass is 340 g/mol. The van der Waals surface area contributed by atoms with Crippen molar-refractivity contribution in [2.45, 2.75) is 4.21 Å². The Bertz CT molecular complexity index is 726. The van der Waals surface area contributed by atoms with Crippen LogP contribution in [0.25, 0.3) is 0 Å². The first kappa shape index (κ1) is 15.2. The molecule has 2 aromatic heterocycles. The first-order chi connectivity index (χ1) is 10.6. The van der Waals surface area contributed by atoms with Crippen molar-refractivity contribution < 1.29 is 13.2 Å². The van der Waals surface area contributed by atoms with Crippen LogP contribution in [-0.2, 0) is 10.0 Å². The Morgan fingerprint density at radius 2 is 2.00 bits per heavy atom. The Morgan fingerprint density at radius 3 is 2.64 bits per heavy atom. The molecule has 1 saturated heterocycles. The van der Waals surface area contributed by atoms with E-state index in [2.05, 4.69) is 9.97 Å². The fourth-order valence-electron chi connectivity index (χ4n) is 2.26. The van der Waals surface area contributed by atoms with Crippen LogP contribution in [0.15, 0.2) is 34.0 Å². The second-order valence-corrected chi connectivity index (χ2v) is 7.83. The lowest BCUT2D eigenvalue weighted by atomic mass is 10.4.